The molecule has 24 heavy (non-hydrogen) atoms. The lowest BCUT2D eigenvalue weighted by Crippen LogP contribution is -2.13. The average molecular weight is 363 g/mol. The van der Waals surface area contributed by atoms with Crippen molar-refractivity contribution >= 4 is 29.0 Å². The minimum atomic E-state index is -3.04. The fraction of sp³-hybridized carbons (Fsp3) is 0.167. The molecule has 1 aromatic heterocycles. The Labute approximate surface area is 137 Å². The van der Waals surface area contributed by atoms with E-state index in [2.05, 4.69) is 15.2 Å². The van der Waals surface area contributed by atoms with Crippen LogP contribution in [0.5, 0.6) is 11.5 Å². The number of carbonyl (C=O) groups is 1. The number of ether oxygens (including phenoxy) is 2. The number of benzene rings is 1. The van der Waals surface area contributed by atoms with E-state index < -0.39 is 34.0 Å². The molecule has 1 amide bonds. The summed E-state index contributed by atoms with van der Waals surface area (Å²) in [5.41, 5.74) is -0.240. The molecule has 0 spiro atoms. The van der Waals surface area contributed by atoms with Gasteiger partial charge in [0.15, 0.2) is 22.2 Å². The third-order valence-electron chi connectivity index (χ3n) is 2.72. The van der Waals surface area contributed by atoms with Crippen molar-refractivity contribution in [2.24, 2.45) is 0 Å². The van der Waals surface area contributed by atoms with Crippen LogP contribution in [0.3, 0.4) is 0 Å². The Bertz CT molecular complexity index is 783. The lowest BCUT2D eigenvalue weighted by atomic mass is 10.2. The van der Waals surface area contributed by atoms with Gasteiger partial charge in [0.25, 0.3) is 5.91 Å². The predicted octanol–water partition coefficient (Wildman–Crippen LogP) is 2.83. The summed E-state index contributed by atoms with van der Waals surface area (Å²) >= 11 is 5.70. The number of nitro groups is 1. The van der Waals surface area contributed by atoms with Crippen molar-refractivity contribution in [1.29, 1.82) is 0 Å². The number of hydrogen-bond acceptors (Lipinski definition) is 6. The summed E-state index contributed by atoms with van der Waals surface area (Å²) in [6.45, 7) is -3.04. The number of carbonyl (C=O) groups excluding carboxylic acids is 1. The van der Waals surface area contributed by atoms with Crippen LogP contribution in [0.25, 0.3) is 0 Å². The maximum Gasteiger partial charge on any atom is 0.387 e. The fourth-order valence-electron chi connectivity index (χ4n) is 1.72. The highest BCUT2D eigenvalue weighted by molar-refractivity contribution is 6.35. The molecule has 0 aliphatic heterocycles. The van der Waals surface area contributed by atoms with Gasteiger partial charge in [0, 0.05) is 11.8 Å². The molecule has 0 aliphatic rings. The minimum absolute atomic E-state index is 0.0489. The molecule has 0 bridgehead atoms. The number of halogens is 3. The summed E-state index contributed by atoms with van der Waals surface area (Å²) in [5, 5.41) is 18.0. The molecule has 2 rings (SSSR count). The van der Waals surface area contributed by atoms with Gasteiger partial charge in [-0.15, -0.1) is 5.10 Å². The van der Waals surface area contributed by atoms with Crippen LogP contribution in [0.4, 0.5) is 20.3 Å². The summed E-state index contributed by atoms with van der Waals surface area (Å²) in [7, 11) is 1.23. The molecule has 0 saturated carbocycles. The fourth-order valence-corrected chi connectivity index (χ4v) is 1.96. The quantitative estimate of drug-likeness (QED) is 0.602. The number of H-pyrrole nitrogens is 1. The van der Waals surface area contributed by atoms with Crippen molar-refractivity contribution in [3.63, 3.8) is 0 Å². The molecule has 0 atom stereocenters. The lowest BCUT2D eigenvalue weighted by Gasteiger charge is -2.11. The van der Waals surface area contributed by atoms with Crippen molar-refractivity contribution < 1.29 is 28.0 Å². The molecule has 0 unspecified atom stereocenters. The Morgan fingerprint density at radius 1 is 1.46 bits per heavy atom. The van der Waals surface area contributed by atoms with Gasteiger partial charge in [0.05, 0.1) is 7.11 Å². The van der Waals surface area contributed by atoms with Crippen molar-refractivity contribution in [1.82, 2.24) is 10.2 Å². The molecular formula is C12H9ClF2N4O5. The number of rotatable bonds is 6. The molecule has 9 nitrogen and oxygen atoms in total. The Kier molecular flexibility index (Phi) is 5.14. The highest BCUT2D eigenvalue weighted by Gasteiger charge is 2.25. The number of methoxy groups -OCH3 is 1. The monoisotopic (exact) mass is 362 g/mol. The van der Waals surface area contributed by atoms with Crippen molar-refractivity contribution in [2.45, 2.75) is 6.61 Å². The van der Waals surface area contributed by atoms with E-state index in [1.807, 2.05) is 5.10 Å². The Morgan fingerprint density at radius 2 is 2.17 bits per heavy atom. The summed E-state index contributed by atoms with van der Waals surface area (Å²) in [4.78, 5) is 21.9. The zero-order chi connectivity index (χ0) is 17.9. The van der Waals surface area contributed by atoms with Gasteiger partial charge in [-0.2, -0.15) is 8.78 Å². The molecule has 2 aromatic rings. The number of nitrogens with zero attached hydrogens (tertiary/aromatic N) is 2. The highest BCUT2D eigenvalue weighted by atomic mass is 35.5. The average Bonchev–Trinajstić information content (AvgIpc) is 2.90. The van der Waals surface area contributed by atoms with Crippen LogP contribution in [-0.2, 0) is 0 Å². The maximum atomic E-state index is 12.3. The number of alkyl halides is 2. The van der Waals surface area contributed by atoms with Gasteiger partial charge >= 0.3 is 12.4 Å². The number of anilines is 1. The van der Waals surface area contributed by atoms with E-state index in [4.69, 9.17) is 16.3 Å². The van der Waals surface area contributed by atoms with E-state index in [-0.39, 0.29) is 17.2 Å². The first-order valence-electron chi connectivity index (χ1n) is 6.16. The number of aromatic nitrogens is 2. The standard InChI is InChI=1S/C12H9ClF2N4O5/c1-23-7-4-5(2-3-6(7)24-12(14)15)16-11(20)9-8(13)10(18-17-9)19(21)22/h2-4,12H,1H3,(H,16,20)(H,17,18). The molecule has 2 N–H and O–H groups in total. The zero-order valence-corrected chi connectivity index (χ0v) is 12.6. The first-order valence-corrected chi connectivity index (χ1v) is 6.53. The van der Waals surface area contributed by atoms with E-state index in [0.717, 1.165) is 6.07 Å². The first kappa shape index (κ1) is 17.4. The summed E-state index contributed by atoms with van der Waals surface area (Å²) in [6, 6.07) is 3.66. The van der Waals surface area contributed by atoms with Crippen LogP contribution in [0.15, 0.2) is 18.2 Å². The van der Waals surface area contributed by atoms with E-state index in [9.17, 15) is 23.7 Å². The van der Waals surface area contributed by atoms with Crippen LogP contribution in [0.2, 0.25) is 5.02 Å². The van der Waals surface area contributed by atoms with Gasteiger partial charge in [0.1, 0.15) is 0 Å². The Morgan fingerprint density at radius 3 is 2.71 bits per heavy atom. The molecular weight excluding hydrogens is 354 g/mol. The van der Waals surface area contributed by atoms with Crippen LogP contribution in [-0.4, -0.2) is 34.7 Å². The maximum absolute atomic E-state index is 12.3. The SMILES string of the molecule is COc1cc(NC(=O)c2n[nH]c([N+](=O)[O-])c2Cl)ccc1OC(F)F. The van der Waals surface area contributed by atoms with E-state index in [1.165, 1.54) is 19.2 Å². The van der Waals surface area contributed by atoms with Crippen LogP contribution >= 0.6 is 11.6 Å². The Balaban J connectivity index is 2.21. The molecule has 128 valence electrons. The second-order valence-electron chi connectivity index (χ2n) is 4.19. The summed E-state index contributed by atoms with van der Waals surface area (Å²) < 4.78 is 33.6. The topological polar surface area (TPSA) is 119 Å². The van der Waals surface area contributed by atoms with Crippen LogP contribution in [0.1, 0.15) is 10.5 Å². The van der Waals surface area contributed by atoms with Crippen molar-refractivity contribution in [3.8, 4) is 11.5 Å². The van der Waals surface area contributed by atoms with Crippen LogP contribution < -0.4 is 14.8 Å². The molecule has 12 heteroatoms. The third-order valence-corrected chi connectivity index (χ3v) is 3.08. The Hall–Kier alpha value is -2.95. The number of nitrogens with one attached hydrogen (secondary N) is 2. The van der Waals surface area contributed by atoms with Gasteiger partial charge in [-0.3, -0.25) is 4.79 Å². The second kappa shape index (κ2) is 7.08. The molecule has 0 saturated heterocycles. The predicted molar refractivity (Wildman–Crippen MR) is 77.8 cm³/mol. The largest absolute Gasteiger partial charge is 0.493 e. The van der Waals surface area contributed by atoms with E-state index >= 15 is 0 Å². The van der Waals surface area contributed by atoms with E-state index in [0.29, 0.717) is 0 Å². The number of amides is 1. The number of aromatic amines is 1. The van der Waals surface area contributed by atoms with Gasteiger partial charge in [-0.05, 0) is 17.1 Å². The van der Waals surface area contributed by atoms with Gasteiger partial charge in [-0.25, -0.2) is 0 Å². The minimum Gasteiger partial charge on any atom is -0.493 e. The molecule has 1 aromatic carbocycles. The molecule has 0 radical (unpaired) electrons. The lowest BCUT2D eigenvalue weighted by molar-refractivity contribution is -0.389. The summed E-state index contributed by atoms with van der Waals surface area (Å²) in [6.07, 6.45) is 0. The van der Waals surface area contributed by atoms with Gasteiger partial charge in [0.2, 0.25) is 0 Å². The molecule has 0 aliphatic carbocycles. The first-order chi connectivity index (χ1) is 11.3. The van der Waals surface area contributed by atoms with Gasteiger partial charge < -0.3 is 24.9 Å². The molecule has 0 fully saturated rings. The summed E-state index contributed by atoms with van der Waals surface area (Å²) in [5.74, 6) is -1.74. The van der Waals surface area contributed by atoms with Gasteiger partial charge in [-0.1, -0.05) is 16.7 Å². The van der Waals surface area contributed by atoms with E-state index in [1.54, 1.807) is 0 Å². The van der Waals surface area contributed by atoms with Crippen LogP contribution in [0, 0.1) is 10.1 Å². The smallest absolute Gasteiger partial charge is 0.387 e. The molecule has 1 heterocycles. The normalized spacial score (nSPS) is 10.5. The van der Waals surface area contributed by atoms with Crippen molar-refractivity contribution in [2.75, 3.05) is 12.4 Å². The van der Waals surface area contributed by atoms with Crippen molar-refractivity contribution in [3.05, 3.63) is 39.0 Å². The highest BCUT2D eigenvalue weighted by Crippen LogP contribution is 2.32. The number of hydrogen-bond donors (Lipinski definition) is 2. The zero-order valence-electron chi connectivity index (χ0n) is 11.9. The second-order valence-corrected chi connectivity index (χ2v) is 4.57. The third kappa shape index (κ3) is 3.68.